The Labute approximate surface area is 126 Å². The van der Waals surface area contributed by atoms with Gasteiger partial charge >= 0.3 is 5.97 Å². The zero-order valence-electron chi connectivity index (χ0n) is 12.1. The molecule has 2 aromatic heterocycles. The second-order valence-electron chi connectivity index (χ2n) is 4.63. The summed E-state index contributed by atoms with van der Waals surface area (Å²) in [6.07, 6.45) is 0.0959. The van der Waals surface area contributed by atoms with Gasteiger partial charge in [-0.1, -0.05) is 6.07 Å². The fourth-order valence-electron chi connectivity index (χ4n) is 2.08. The Morgan fingerprint density at radius 3 is 2.76 bits per heavy atom. The van der Waals surface area contributed by atoms with Crippen LogP contribution in [0.2, 0.25) is 0 Å². The lowest BCUT2D eigenvalue weighted by molar-refractivity contribution is -0.141. The molecular weight excluding hydrogens is 290 g/mol. The van der Waals surface area contributed by atoms with Crippen molar-refractivity contribution in [2.24, 2.45) is 0 Å². The van der Waals surface area contributed by atoms with Gasteiger partial charge in [0.05, 0.1) is 30.8 Å². The topological polar surface area (TPSA) is 84.1 Å². The summed E-state index contributed by atoms with van der Waals surface area (Å²) in [5, 5.41) is 11.6. The Bertz CT molecular complexity index is 614. The summed E-state index contributed by atoms with van der Waals surface area (Å²) in [7, 11) is 1.33. The van der Waals surface area contributed by atoms with E-state index in [0.717, 1.165) is 4.88 Å². The number of ether oxygens (including phenoxy) is 1. The van der Waals surface area contributed by atoms with E-state index in [1.807, 2.05) is 17.5 Å². The van der Waals surface area contributed by atoms with Crippen LogP contribution in [-0.2, 0) is 9.53 Å². The first-order valence-electron chi connectivity index (χ1n) is 6.45. The number of carbonyl (C=O) groups excluding carboxylic acids is 2. The van der Waals surface area contributed by atoms with E-state index in [0.29, 0.717) is 17.0 Å². The zero-order valence-corrected chi connectivity index (χ0v) is 12.9. The number of carbonyl (C=O) groups is 2. The Kier molecular flexibility index (Phi) is 4.74. The molecule has 6 nitrogen and oxygen atoms in total. The second-order valence-corrected chi connectivity index (χ2v) is 5.61. The summed E-state index contributed by atoms with van der Waals surface area (Å²) in [6.45, 7) is 3.55. The van der Waals surface area contributed by atoms with E-state index in [1.165, 1.54) is 18.4 Å². The Hall–Kier alpha value is -2.15. The van der Waals surface area contributed by atoms with Gasteiger partial charge in [0.15, 0.2) is 0 Å². The van der Waals surface area contributed by atoms with Gasteiger partial charge < -0.3 is 10.1 Å². The maximum atomic E-state index is 12.4. The maximum absolute atomic E-state index is 12.4. The number of nitrogens with zero attached hydrogens (tertiary/aromatic N) is 1. The van der Waals surface area contributed by atoms with Crippen LogP contribution in [0, 0.1) is 13.8 Å². The molecule has 0 aliphatic heterocycles. The molecule has 7 heteroatoms. The fraction of sp³-hybridized carbons (Fsp3) is 0.357. The van der Waals surface area contributed by atoms with E-state index in [-0.39, 0.29) is 18.3 Å². The molecule has 2 N–H and O–H groups in total. The molecule has 0 aliphatic rings. The normalized spacial score (nSPS) is 12.0. The van der Waals surface area contributed by atoms with Gasteiger partial charge in [0.2, 0.25) is 0 Å². The first-order chi connectivity index (χ1) is 10.0. The Morgan fingerprint density at radius 1 is 1.48 bits per heavy atom. The molecule has 2 aromatic rings. The number of aromatic nitrogens is 2. The molecule has 1 atom stereocenters. The average Bonchev–Trinajstić information content (AvgIpc) is 3.08. The number of esters is 1. The highest BCUT2D eigenvalue weighted by Gasteiger charge is 2.23. The highest BCUT2D eigenvalue weighted by Crippen LogP contribution is 2.23. The third kappa shape index (κ3) is 3.49. The summed E-state index contributed by atoms with van der Waals surface area (Å²) < 4.78 is 4.69. The van der Waals surface area contributed by atoms with E-state index in [9.17, 15) is 9.59 Å². The minimum Gasteiger partial charge on any atom is -0.469 e. The predicted molar refractivity (Wildman–Crippen MR) is 79.2 cm³/mol. The van der Waals surface area contributed by atoms with Crippen LogP contribution in [0.5, 0.6) is 0 Å². The summed E-state index contributed by atoms with van der Waals surface area (Å²) in [5.74, 6) is -0.615. The molecule has 1 unspecified atom stereocenters. The molecule has 0 fully saturated rings. The number of thiophene rings is 1. The highest BCUT2D eigenvalue weighted by molar-refractivity contribution is 7.10. The molecule has 2 rings (SSSR count). The number of aromatic amines is 1. The average molecular weight is 307 g/mol. The van der Waals surface area contributed by atoms with Gasteiger partial charge in [0, 0.05) is 10.6 Å². The number of rotatable bonds is 5. The molecule has 0 radical (unpaired) electrons. The van der Waals surface area contributed by atoms with Gasteiger partial charge in [0.1, 0.15) is 0 Å². The van der Waals surface area contributed by atoms with Crippen molar-refractivity contribution in [3.63, 3.8) is 0 Å². The molecule has 0 aromatic carbocycles. The van der Waals surface area contributed by atoms with Crippen LogP contribution in [0.25, 0.3) is 0 Å². The minimum absolute atomic E-state index is 0.0959. The van der Waals surface area contributed by atoms with E-state index < -0.39 is 6.04 Å². The maximum Gasteiger partial charge on any atom is 0.307 e. The number of aryl methyl sites for hydroxylation is 2. The van der Waals surface area contributed by atoms with Crippen LogP contribution >= 0.6 is 11.3 Å². The van der Waals surface area contributed by atoms with Gasteiger partial charge in [-0.25, -0.2) is 0 Å². The first-order valence-corrected chi connectivity index (χ1v) is 7.33. The quantitative estimate of drug-likeness (QED) is 0.829. The predicted octanol–water partition coefficient (Wildman–Crippen LogP) is 2.12. The monoisotopic (exact) mass is 307 g/mol. The molecule has 2 heterocycles. The third-order valence-electron chi connectivity index (χ3n) is 3.15. The van der Waals surface area contributed by atoms with Crippen molar-refractivity contribution in [2.75, 3.05) is 7.11 Å². The van der Waals surface area contributed by atoms with Crippen molar-refractivity contribution in [2.45, 2.75) is 26.3 Å². The number of hydrogen-bond donors (Lipinski definition) is 2. The van der Waals surface area contributed by atoms with Gasteiger partial charge in [0.25, 0.3) is 5.91 Å². The molecule has 112 valence electrons. The molecule has 0 aliphatic carbocycles. The molecule has 1 amide bonds. The van der Waals surface area contributed by atoms with Crippen LogP contribution in [0.15, 0.2) is 17.5 Å². The van der Waals surface area contributed by atoms with Crippen molar-refractivity contribution < 1.29 is 14.3 Å². The van der Waals surface area contributed by atoms with E-state index in [4.69, 9.17) is 4.74 Å². The van der Waals surface area contributed by atoms with E-state index in [2.05, 4.69) is 15.5 Å². The number of nitrogens with one attached hydrogen (secondary N) is 2. The number of methoxy groups -OCH3 is 1. The van der Waals surface area contributed by atoms with Crippen molar-refractivity contribution >= 4 is 23.2 Å². The fourth-order valence-corrected chi connectivity index (χ4v) is 2.86. The largest absolute Gasteiger partial charge is 0.469 e. The van der Waals surface area contributed by atoms with Crippen LogP contribution < -0.4 is 5.32 Å². The van der Waals surface area contributed by atoms with Crippen molar-refractivity contribution in [3.8, 4) is 0 Å². The zero-order chi connectivity index (χ0) is 15.4. The highest BCUT2D eigenvalue weighted by atomic mass is 32.1. The van der Waals surface area contributed by atoms with Crippen LogP contribution in [0.3, 0.4) is 0 Å². The second kappa shape index (κ2) is 6.53. The smallest absolute Gasteiger partial charge is 0.307 e. The molecular formula is C14H17N3O3S. The SMILES string of the molecule is COC(=O)CC(NC(=O)c1c(C)n[nH]c1C)c1cccs1. The van der Waals surface area contributed by atoms with Gasteiger partial charge in [-0.3, -0.25) is 14.7 Å². The van der Waals surface area contributed by atoms with E-state index >= 15 is 0 Å². The van der Waals surface area contributed by atoms with Crippen LogP contribution in [0.4, 0.5) is 0 Å². The number of amides is 1. The van der Waals surface area contributed by atoms with Crippen molar-refractivity contribution in [1.82, 2.24) is 15.5 Å². The summed E-state index contributed by atoms with van der Waals surface area (Å²) in [6, 6.07) is 3.36. The van der Waals surface area contributed by atoms with Crippen LogP contribution in [-0.4, -0.2) is 29.2 Å². The lowest BCUT2D eigenvalue weighted by atomic mass is 10.1. The number of H-pyrrole nitrogens is 1. The standard InChI is InChI=1S/C14H17N3O3S/c1-8-13(9(2)17-16-8)14(19)15-10(7-12(18)20-3)11-5-4-6-21-11/h4-6,10H,7H2,1-3H3,(H,15,19)(H,16,17). The van der Waals surface area contributed by atoms with Crippen LogP contribution in [0.1, 0.15) is 39.1 Å². The Morgan fingerprint density at radius 2 is 2.24 bits per heavy atom. The number of hydrogen-bond acceptors (Lipinski definition) is 5. The molecule has 0 saturated carbocycles. The lowest BCUT2D eigenvalue weighted by Crippen LogP contribution is -2.30. The van der Waals surface area contributed by atoms with Gasteiger partial charge in [-0.05, 0) is 25.3 Å². The van der Waals surface area contributed by atoms with Crippen molar-refractivity contribution in [3.05, 3.63) is 39.3 Å². The van der Waals surface area contributed by atoms with E-state index in [1.54, 1.807) is 13.8 Å². The summed E-state index contributed by atoms with van der Waals surface area (Å²) in [4.78, 5) is 24.8. The van der Waals surface area contributed by atoms with Crippen molar-refractivity contribution in [1.29, 1.82) is 0 Å². The summed E-state index contributed by atoms with van der Waals surface area (Å²) >= 11 is 1.49. The Balaban J connectivity index is 2.19. The summed E-state index contributed by atoms with van der Waals surface area (Å²) in [5.41, 5.74) is 1.85. The minimum atomic E-state index is -0.404. The third-order valence-corrected chi connectivity index (χ3v) is 4.13. The molecule has 21 heavy (non-hydrogen) atoms. The molecule has 0 saturated heterocycles. The molecule has 0 spiro atoms. The van der Waals surface area contributed by atoms with Gasteiger partial charge in [-0.15, -0.1) is 11.3 Å². The lowest BCUT2D eigenvalue weighted by Gasteiger charge is -2.16. The van der Waals surface area contributed by atoms with Gasteiger partial charge in [-0.2, -0.15) is 5.10 Å². The first kappa shape index (κ1) is 15.2. The molecule has 0 bridgehead atoms.